The Morgan fingerprint density at radius 3 is 2.42 bits per heavy atom. The molecule has 0 spiro atoms. The van der Waals surface area contributed by atoms with Gasteiger partial charge in [0.25, 0.3) is 5.69 Å². The molecule has 4 nitrogen and oxygen atoms in total. The summed E-state index contributed by atoms with van der Waals surface area (Å²) in [7, 11) is 0. The van der Waals surface area contributed by atoms with Crippen molar-refractivity contribution in [2.24, 2.45) is 0 Å². The molecule has 0 bridgehead atoms. The molecule has 2 aromatic carbocycles. The maximum absolute atomic E-state index is 11.0. The molecule has 96 valence electrons. The van der Waals surface area contributed by atoms with Crippen LogP contribution >= 0.6 is 23.4 Å². The lowest BCUT2D eigenvalue weighted by molar-refractivity contribution is -0.384. The van der Waals surface area contributed by atoms with Gasteiger partial charge in [-0.15, -0.1) is 0 Å². The zero-order chi connectivity index (χ0) is 13.8. The summed E-state index contributed by atoms with van der Waals surface area (Å²) in [4.78, 5) is 22.5. The first-order valence-electron chi connectivity index (χ1n) is 5.28. The predicted molar refractivity (Wildman–Crippen MR) is 74.1 cm³/mol. The molecule has 0 saturated heterocycles. The summed E-state index contributed by atoms with van der Waals surface area (Å²) in [5.74, 6) is 0. The summed E-state index contributed by atoms with van der Waals surface area (Å²) in [6.45, 7) is 0. The van der Waals surface area contributed by atoms with Crippen LogP contribution in [0.2, 0.25) is 5.02 Å². The topological polar surface area (TPSA) is 60.2 Å². The van der Waals surface area contributed by atoms with Gasteiger partial charge >= 0.3 is 0 Å². The van der Waals surface area contributed by atoms with Gasteiger partial charge in [0.1, 0.15) is 0 Å². The number of benzene rings is 2. The summed E-state index contributed by atoms with van der Waals surface area (Å²) in [5.41, 5.74) is 0.523. The van der Waals surface area contributed by atoms with Gasteiger partial charge in [0.05, 0.1) is 9.95 Å². The molecule has 0 heterocycles. The molecule has 2 aromatic rings. The Morgan fingerprint density at radius 1 is 1.16 bits per heavy atom. The SMILES string of the molecule is O=Cc1cccc(Cl)c1Sc1ccc([N+](=O)[O-])cc1. The van der Waals surface area contributed by atoms with Crippen LogP contribution in [-0.4, -0.2) is 11.2 Å². The number of halogens is 1. The first-order valence-corrected chi connectivity index (χ1v) is 6.47. The van der Waals surface area contributed by atoms with E-state index in [2.05, 4.69) is 0 Å². The van der Waals surface area contributed by atoms with Crippen LogP contribution in [0.15, 0.2) is 52.3 Å². The Kier molecular flexibility index (Phi) is 4.19. The van der Waals surface area contributed by atoms with Gasteiger partial charge in [0, 0.05) is 27.5 Å². The maximum Gasteiger partial charge on any atom is 0.269 e. The highest BCUT2D eigenvalue weighted by atomic mass is 35.5. The van der Waals surface area contributed by atoms with Crippen LogP contribution in [0.1, 0.15) is 10.4 Å². The van der Waals surface area contributed by atoms with Crippen molar-refractivity contribution in [3.63, 3.8) is 0 Å². The first-order chi connectivity index (χ1) is 9.11. The fourth-order valence-corrected chi connectivity index (χ4v) is 2.68. The van der Waals surface area contributed by atoms with E-state index in [9.17, 15) is 14.9 Å². The molecule has 0 N–H and O–H groups in total. The summed E-state index contributed by atoms with van der Waals surface area (Å²) in [6, 6.07) is 11.2. The fraction of sp³-hybridized carbons (Fsp3) is 0. The Balaban J connectivity index is 2.31. The molecule has 0 fully saturated rings. The van der Waals surface area contributed by atoms with Crippen LogP contribution in [0.5, 0.6) is 0 Å². The number of nitro groups is 1. The van der Waals surface area contributed by atoms with E-state index < -0.39 is 4.92 Å². The largest absolute Gasteiger partial charge is 0.298 e. The van der Waals surface area contributed by atoms with E-state index in [1.807, 2.05) is 0 Å². The molecule has 6 heteroatoms. The monoisotopic (exact) mass is 293 g/mol. The molecule has 0 radical (unpaired) electrons. The van der Waals surface area contributed by atoms with Crippen LogP contribution in [0.4, 0.5) is 5.69 Å². The lowest BCUT2D eigenvalue weighted by atomic mass is 10.2. The second-order valence-corrected chi connectivity index (χ2v) is 5.12. The summed E-state index contributed by atoms with van der Waals surface area (Å²) in [5, 5.41) is 11.0. The minimum absolute atomic E-state index is 0.0270. The third-order valence-corrected chi connectivity index (χ3v) is 3.99. The quantitative estimate of drug-likeness (QED) is 0.481. The van der Waals surface area contributed by atoms with Crippen molar-refractivity contribution in [3.8, 4) is 0 Å². The molecule has 19 heavy (non-hydrogen) atoms. The number of nitrogens with zero attached hydrogens (tertiary/aromatic N) is 1. The lowest BCUT2D eigenvalue weighted by Crippen LogP contribution is -1.88. The number of carbonyl (C=O) groups excluding carboxylic acids is 1. The molecule has 0 aliphatic heterocycles. The minimum Gasteiger partial charge on any atom is -0.298 e. The van der Waals surface area contributed by atoms with E-state index in [1.54, 1.807) is 30.3 Å². The Hall–Kier alpha value is -1.85. The number of aldehydes is 1. The second-order valence-electron chi connectivity index (χ2n) is 3.63. The normalized spacial score (nSPS) is 10.2. The zero-order valence-electron chi connectivity index (χ0n) is 9.58. The van der Waals surface area contributed by atoms with Gasteiger partial charge in [0.15, 0.2) is 6.29 Å². The van der Waals surface area contributed by atoms with E-state index in [0.29, 0.717) is 15.5 Å². The summed E-state index contributed by atoms with van der Waals surface area (Å²) >= 11 is 7.35. The van der Waals surface area contributed by atoms with Gasteiger partial charge < -0.3 is 0 Å². The molecule has 0 atom stereocenters. The molecule has 0 aliphatic rings. The Morgan fingerprint density at radius 2 is 1.84 bits per heavy atom. The van der Waals surface area contributed by atoms with E-state index in [4.69, 9.17) is 11.6 Å². The number of carbonyl (C=O) groups is 1. The minimum atomic E-state index is -0.458. The van der Waals surface area contributed by atoms with Gasteiger partial charge in [-0.2, -0.15) is 0 Å². The summed E-state index contributed by atoms with van der Waals surface area (Å²) < 4.78 is 0. The smallest absolute Gasteiger partial charge is 0.269 e. The van der Waals surface area contributed by atoms with Crippen molar-refractivity contribution in [1.82, 2.24) is 0 Å². The van der Waals surface area contributed by atoms with Crippen molar-refractivity contribution in [2.75, 3.05) is 0 Å². The standard InChI is InChI=1S/C13H8ClNO3S/c14-12-3-1-2-9(8-16)13(12)19-11-6-4-10(5-7-11)15(17)18/h1-8H. The Bertz CT molecular complexity index is 628. The van der Waals surface area contributed by atoms with Crippen molar-refractivity contribution in [2.45, 2.75) is 9.79 Å². The maximum atomic E-state index is 11.0. The highest BCUT2D eigenvalue weighted by Gasteiger charge is 2.10. The van der Waals surface area contributed by atoms with Crippen LogP contribution in [0.25, 0.3) is 0 Å². The van der Waals surface area contributed by atoms with E-state index >= 15 is 0 Å². The summed E-state index contributed by atoms with van der Waals surface area (Å²) in [6.07, 6.45) is 0.736. The van der Waals surface area contributed by atoms with Gasteiger partial charge in [0.2, 0.25) is 0 Å². The molecule has 0 aliphatic carbocycles. The van der Waals surface area contributed by atoms with Crippen LogP contribution in [-0.2, 0) is 0 Å². The van der Waals surface area contributed by atoms with E-state index in [1.165, 1.54) is 23.9 Å². The van der Waals surface area contributed by atoms with Crippen molar-refractivity contribution < 1.29 is 9.72 Å². The third kappa shape index (κ3) is 3.13. The Labute approximate surface area is 118 Å². The van der Waals surface area contributed by atoms with Crippen LogP contribution in [0, 0.1) is 10.1 Å². The number of hydrogen-bond acceptors (Lipinski definition) is 4. The van der Waals surface area contributed by atoms with E-state index in [-0.39, 0.29) is 5.69 Å². The number of rotatable bonds is 4. The van der Waals surface area contributed by atoms with E-state index in [0.717, 1.165) is 11.2 Å². The molecule has 0 amide bonds. The highest BCUT2D eigenvalue weighted by Crippen LogP contribution is 2.35. The van der Waals surface area contributed by atoms with Crippen molar-refractivity contribution >= 4 is 35.3 Å². The van der Waals surface area contributed by atoms with Crippen LogP contribution < -0.4 is 0 Å². The molecule has 0 unspecified atom stereocenters. The van der Waals surface area contributed by atoms with Gasteiger partial charge in [-0.05, 0) is 18.2 Å². The van der Waals surface area contributed by atoms with Gasteiger partial charge in [-0.1, -0.05) is 35.5 Å². The van der Waals surface area contributed by atoms with Gasteiger partial charge in [-0.25, -0.2) is 0 Å². The van der Waals surface area contributed by atoms with Gasteiger partial charge in [-0.3, -0.25) is 14.9 Å². The lowest BCUT2D eigenvalue weighted by Gasteiger charge is -2.06. The average molecular weight is 294 g/mol. The first kappa shape index (κ1) is 13.6. The zero-order valence-corrected chi connectivity index (χ0v) is 11.1. The second kappa shape index (κ2) is 5.86. The highest BCUT2D eigenvalue weighted by molar-refractivity contribution is 7.99. The average Bonchev–Trinajstić information content (AvgIpc) is 2.41. The number of nitro benzene ring substituents is 1. The van der Waals surface area contributed by atoms with Crippen molar-refractivity contribution in [3.05, 3.63) is 63.2 Å². The fourth-order valence-electron chi connectivity index (χ4n) is 1.48. The van der Waals surface area contributed by atoms with Crippen molar-refractivity contribution in [1.29, 1.82) is 0 Å². The number of hydrogen-bond donors (Lipinski definition) is 0. The molecule has 0 saturated carbocycles. The third-order valence-electron chi connectivity index (χ3n) is 2.39. The molecular formula is C13H8ClNO3S. The predicted octanol–water partition coefficient (Wildman–Crippen LogP) is 4.21. The number of non-ortho nitro benzene ring substituents is 1. The molecule has 2 rings (SSSR count). The molecule has 0 aromatic heterocycles. The van der Waals surface area contributed by atoms with Crippen LogP contribution in [0.3, 0.4) is 0 Å². The molecular weight excluding hydrogens is 286 g/mol.